The van der Waals surface area contributed by atoms with Crippen LogP contribution in [0.25, 0.3) is 0 Å². The van der Waals surface area contributed by atoms with Gasteiger partial charge in [-0.25, -0.2) is 0 Å². The Labute approximate surface area is 127 Å². The van der Waals surface area contributed by atoms with Crippen LogP contribution in [0.3, 0.4) is 0 Å². The zero-order valence-electron chi connectivity index (χ0n) is 11.8. The first-order valence-electron chi connectivity index (χ1n) is 6.81. The van der Waals surface area contributed by atoms with Gasteiger partial charge in [-0.05, 0) is 12.1 Å². The molecule has 0 spiro atoms. The molecular formula is C18H13NO3. The molecular weight excluding hydrogens is 278 g/mol. The third-order valence-corrected chi connectivity index (χ3v) is 3.76. The highest BCUT2D eigenvalue weighted by Crippen LogP contribution is 2.32. The van der Waals surface area contributed by atoms with Crippen LogP contribution in [0.1, 0.15) is 48.6 Å². The first-order chi connectivity index (χ1) is 10.6. The van der Waals surface area contributed by atoms with E-state index in [0.717, 1.165) is 0 Å². The molecule has 4 heteroatoms. The van der Waals surface area contributed by atoms with Gasteiger partial charge in [-0.3, -0.25) is 14.4 Å². The van der Waals surface area contributed by atoms with E-state index in [1.165, 1.54) is 18.2 Å². The molecule has 2 aromatic carbocycles. The van der Waals surface area contributed by atoms with Crippen molar-refractivity contribution < 1.29 is 14.4 Å². The lowest BCUT2D eigenvalue weighted by Crippen LogP contribution is -2.23. The molecule has 0 unspecified atom stereocenters. The highest BCUT2D eigenvalue weighted by molar-refractivity contribution is 6.31. The molecule has 0 aliphatic heterocycles. The predicted molar refractivity (Wildman–Crippen MR) is 83.3 cm³/mol. The van der Waals surface area contributed by atoms with Crippen molar-refractivity contribution >= 4 is 23.0 Å². The Bertz CT molecular complexity index is 849. The van der Waals surface area contributed by atoms with Crippen molar-refractivity contribution in [3.63, 3.8) is 0 Å². The van der Waals surface area contributed by atoms with Crippen LogP contribution in [0.15, 0.2) is 49.1 Å². The molecule has 0 heterocycles. The van der Waals surface area contributed by atoms with Gasteiger partial charge in [0.2, 0.25) is 0 Å². The van der Waals surface area contributed by atoms with E-state index in [4.69, 9.17) is 5.73 Å². The molecule has 0 saturated carbocycles. The number of carbonyl (C=O) groups excluding carboxylic acids is 3. The predicted octanol–water partition coefficient (Wildman–Crippen LogP) is 2.80. The van der Waals surface area contributed by atoms with Crippen LogP contribution in [-0.4, -0.2) is 17.3 Å². The summed E-state index contributed by atoms with van der Waals surface area (Å²) in [5.74, 6) is -0.801. The van der Waals surface area contributed by atoms with Gasteiger partial charge in [-0.2, -0.15) is 0 Å². The van der Waals surface area contributed by atoms with Crippen molar-refractivity contribution in [2.24, 2.45) is 0 Å². The second kappa shape index (κ2) is 5.07. The quantitative estimate of drug-likeness (QED) is 0.457. The summed E-state index contributed by atoms with van der Waals surface area (Å²) in [5, 5.41) is 0. The molecule has 4 nitrogen and oxygen atoms in total. The van der Waals surface area contributed by atoms with E-state index >= 15 is 0 Å². The molecule has 1 aliphatic carbocycles. The fourth-order valence-corrected chi connectivity index (χ4v) is 2.70. The summed E-state index contributed by atoms with van der Waals surface area (Å²) in [4.78, 5) is 37.2. The Kier molecular flexibility index (Phi) is 3.22. The fraction of sp³-hybridized carbons (Fsp3) is 0.0556. The molecule has 3 rings (SSSR count). The molecule has 1 aliphatic rings. The number of Topliss-reactive ketones (excluding diaryl/α,β-unsaturated/α-hetero) is 1. The Morgan fingerprint density at radius 2 is 1.64 bits per heavy atom. The number of nitrogens with two attached hydrogens (primary N) is 1. The Balaban J connectivity index is 2.23. The zero-order chi connectivity index (χ0) is 15.9. The second-order valence-corrected chi connectivity index (χ2v) is 5.07. The highest BCUT2D eigenvalue weighted by atomic mass is 16.1. The lowest BCUT2D eigenvalue weighted by molar-refractivity contribution is 0.0977. The van der Waals surface area contributed by atoms with Crippen molar-refractivity contribution in [3.8, 4) is 0 Å². The number of fused-ring (bicyclic) bond motifs is 2. The van der Waals surface area contributed by atoms with Crippen molar-refractivity contribution in [1.29, 1.82) is 0 Å². The minimum absolute atomic E-state index is 0.0669. The van der Waals surface area contributed by atoms with Gasteiger partial charge in [0.05, 0.1) is 11.3 Å². The van der Waals surface area contributed by atoms with Crippen LogP contribution in [0, 0.1) is 0 Å². The fourth-order valence-electron chi connectivity index (χ4n) is 2.70. The number of rotatable bonds is 3. The van der Waals surface area contributed by atoms with Gasteiger partial charge in [0, 0.05) is 28.7 Å². The molecule has 108 valence electrons. The van der Waals surface area contributed by atoms with E-state index in [1.807, 2.05) is 0 Å². The first-order valence-corrected chi connectivity index (χ1v) is 6.81. The molecule has 2 N–H and O–H groups in total. The SMILES string of the molecule is C=CCC(=O)c1ccc2c(c1N)C(=O)c1ccccc1C2=O. The lowest BCUT2D eigenvalue weighted by Gasteiger charge is -2.20. The number of nitrogen functional groups attached to an aromatic ring is 1. The lowest BCUT2D eigenvalue weighted by atomic mass is 9.82. The molecule has 0 aromatic heterocycles. The number of hydrogen-bond acceptors (Lipinski definition) is 4. The average Bonchev–Trinajstić information content (AvgIpc) is 2.52. The number of anilines is 1. The van der Waals surface area contributed by atoms with Gasteiger partial charge >= 0.3 is 0 Å². The number of hydrogen-bond donors (Lipinski definition) is 1. The summed E-state index contributed by atoms with van der Waals surface area (Å²) >= 11 is 0. The average molecular weight is 291 g/mol. The zero-order valence-corrected chi connectivity index (χ0v) is 11.8. The summed E-state index contributed by atoms with van der Waals surface area (Å²) in [6.07, 6.45) is 1.60. The van der Waals surface area contributed by atoms with E-state index in [2.05, 4.69) is 6.58 Å². The van der Waals surface area contributed by atoms with Gasteiger partial charge < -0.3 is 5.73 Å². The molecule has 0 bridgehead atoms. The van der Waals surface area contributed by atoms with Crippen LogP contribution in [-0.2, 0) is 0 Å². The smallest absolute Gasteiger partial charge is 0.196 e. The highest BCUT2D eigenvalue weighted by Gasteiger charge is 2.32. The van der Waals surface area contributed by atoms with Crippen molar-refractivity contribution in [1.82, 2.24) is 0 Å². The van der Waals surface area contributed by atoms with Gasteiger partial charge in [0.15, 0.2) is 17.3 Å². The number of carbonyl (C=O) groups is 3. The maximum Gasteiger partial charge on any atom is 0.196 e. The summed E-state index contributed by atoms with van der Waals surface area (Å²) in [6, 6.07) is 9.61. The van der Waals surface area contributed by atoms with Crippen molar-refractivity contribution in [2.75, 3.05) is 5.73 Å². The second-order valence-electron chi connectivity index (χ2n) is 5.07. The minimum atomic E-state index is -0.323. The van der Waals surface area contributed by atoms with E-state index in [9.17, 15) is 14.4 Å². The van der Waals surface area contributed by atoms with Gasteiger partial charge in [-0.15, -0.1) is 6.58 Å². The number of allylic oxidation sites excluding steroid dienone is 1. The largest absolute Gasteiger partial charge is 0.398 e. The van der Waals surface area contributed by atoms with Crippen molar-refractivity contribution in [3.05, 3.63) is 76.9 Å². The molecule has 2 aromatic rings. The van der Waals surface area contributed by atoms with Crippen LogP contribution in [0.4, 0.5) is 5.69 Å². The third-order valence-electron chi connectivity index (χ3n) is 3.76. The minimum Gasteiger partial charge on any atom is -0.398 e. The number of ketones is 3. The molecule has 22 heavy (non-hydrogen) atoms. The monoisotopic (exact) mass is 291 g/mol. The van der Waals surface area contributed by atoms with E-state index in [-0.39, 0.29) is 46.1 Å². The summed E-state index contributed by atoms with van der Waals surface area (Å²) in [5.41, 5.74) is 7.39. The normalized spacial score (nSPS) is 12.5. The molecule has 0 radical (unpaired) electrons. The van der Waals surface area contributed by atoms with Gasteiger partial charge in [0.25, 0.3) is 0 Å². The van der Waals surface area contributed by atoms with Crippen LogP contribution < -0.4 is 5.73 Å². The van der Waals surface area contributed by atoms with Crippen LogP contribution in [0.2, 0.25) is 0 Å². The maximum atomic E-state index is 12.6. The Morgan fingerprint density at radius 1 is 1.00 bits per heavy atom. The molecule has 0 amide bonds. The first kappa shape index (κ1) is 13.9. The van der Waals surface area contributed by atoms with Crippen molar-refractivity contribution in [2.45, 2.75) is 6.42 Å². The maximum absolute atomic E-state index is 12.6. The topological polar surface area (TPSA) is 77.2 Å². The van der Waals surface area contributed by atoms with Gasteiger partial charge in [-0.1, -0.05) is 30.3 Å². The van der Waals surface area contributed by atoms with E-state index in [0.29, 0.717) is 11.1 Å². The standard InChI is InChI=1S/C18H13NO3/c1-2-5-14(20)12-8-9-13-15(16(12)19)18(22)11-7-4-3-6-10(11)17(13)21/h2-4,6-9H,1,5,19H2. The van der Waals surface area contributed by atoms with E-state index in [1.54, 1.807) is 24.3 Å². The Morgan fingerprint density at radius 3 is 2.27 bits per heavy atom. The number of benzene rings is 2. The van der Waals surface area contributed by atoms with Crippen LogP contribution in [0.5, 0.6) is 0 Å². The van der Waals surface area contributed by atoms with Gasteiger partial charge in [0.1, 0.15) is 0 Å². The summed E-state index contributed by atoms with van der Waals surface area (Å²) < 4.78 is 0. The van der Waals surface area contributed by atoms with E-state index < -0.39 is 0 Å². The molecule has 0 atom stereocenters. The third kappa shape index (κ3) is 1.89. The summed E-state index contributed by atoms with van der Waals surface area (Å²) in [7, 11) is 0. The summed E-state index contributed by atoms with van der Waals surface area (Å²) in [6.45, 7) is 3.52. The molecule has 0 fully saturated rings. The van der Waals surface area contributed by atoms with Crippen LogP contribution >= 0.6 is 0 Å². The molecule has 0 saturated heterocycles. The Hall–Kier alpha value is -3.01.